The summed E-state index contributed by atoms with van der Waals surface area (Å²) in [6.45, 7) is 0. The molecule has 0 fully saturated rings. The molecule has 0 amide bonds. The van der Waals surface area contributed by atoms with E-state index in [0.717, 1.165) is 11.1 Å². The molecule has 0 heterocycles. The van der Waals surface area contributed by atoms with Crippen molar-refractivity contribution >= 4 is 5.69 Å². The van der Waals surface area contributed by atoms with Gasteiger partial charge in [-0.25, -0.2) is 0 Å². The first kappa shape index (κ1) is 10.4. The minimum absolute atomic E-state index is 0.139. The zero-order valence-electron chi connectivity index (χ0n) is 8.59. The predicted molar refractivity (Wildman–Crippen MR) is 61.2 cm³/mol. The van der Waals surface area contributed by atoms with Gasteiger partial charge in [0.15, 0.2) is 0 Å². The third kappa shape index (κ3) is 2.45. The van der Waals surface area contributed by atoms with Crippen LogP contribution in [-0.2, 0) is 6.42 Å². The van der Waals surface area contributed by atoms with E-state index in [1.165, 1.54) is 6.07 Å². The van der Waals surface area contributed by atoms with Crippen molar-refractivity contribution < 1.29 is 4.92 Å². The van der Waals surface area contributed by atoms with E-state index in [0.29, 0.717) is 6.42 Å². The van der Waals surface area contributed by atoms with Gasteiger partial charge < -0.3 is 0 Å². The molecule has 0 N–H and O–H groups in total. The van der Waals surface area contributed by atoms with E-state index < -0.39 is 0 Å². The maximum atomic E-state index is 10.6. The van der Waals surface area contributed by atoms with Gasteiger partial charge in [0.05, 0.1) is 4.92 Å². The second kappa shape index (κ2) is 4.57. The molecule has 16 heavy (non-hydrogen) atoms. The van der Waals surface area contributed by atoms with Crippen molar-refractivity contribution in [1.82, 2.24) is 0 Å². The van der Waals surface area contributed by atoms with E-state index in [1.54, 1.807) is 12.1 Å². The Bertz CT molecular complexity index is 494. The molecule has 0 saturated carbocycles. The van der Waals surface area contributed by atoms with Gasteiger partial charge in [-0.2, -0.15) is 0 Å². The van der Waals surface area contributed by atoms with Crippen LogP contribution in [0.15, 0.2) is 48.5 Å². The SMILES string of the molecule is O=[N+]([O-])c1cccc(Cc2cc[c]cc2)c1. The van der Waals surface area contributed by atoms with Crippen molar-refractivity contribution in [2.75, 3.05) is 0 Å². The fourth-order valence-corrected chi connectivity index (χ4v) is 1.55. The molecule has 2 rings (SSSR count). The molecule has 0 aliphatic carbocycles. The van der Waals surface area contributed by atoms with Gasteiger partial charge in [0.25, 0.3) is 5.69 Å². The highest BCUT2D eigenvalue weighted by atomic mass is 16.6. The molecule has 79 valence electrons. The first-order chi connectivity index (χ1) is 7.75. The minimum Gasteiger partial charge on any atom is -0.258 e. The summed E-state index contributed by atoms with van der Waals surface area (Å²) in [6.07, 6.45) is 0.705. The molecule has 3 heteroatoms. The molecule has 0 aliphatic heterocycles. The maximum absolute atomic E-state index is 10.6. The Morgan fingerprint density at radius 1 is 1.12 bits per heavy atom. The molecule has 0 aromatic heterocycles. The Morgan fingerprint density at radius 2 is 1.88 bits per heavy atom. The van der Waals surface area contributed by atoms with Crippen LogP contribution in [0.4, 0.5) is 5.69 Å². The number of rotatable bonds is 3. The fraction of sp³-hybridized carbons (Fsp3) is 0.0769. The van der Waals surface area contributed by atoms with Crippen molar-refractivity contribution in [2.24, 2.45) is 0 Å². The van der Waals surface area contributed by atoms with Crippen molar-refractivity contribution in [3.8, 4) is 0 Å². The molecule has 0 saturated heterocycles. The Labute approximate surface area is 93.5 Å². The molecular weight excluding hydrogens is 202 g/mol. The monoisotopic (exact) mass is 212 g/mol. The van der Waals surface area contributed by atoms with Gasteiger partial charge in [-0.3, -0.25) is 10.1 Å². The topological polar surface area (TPSA) is 43.1 Å². The molecule has 0 bridgehead atoms. The van der Waals surface area contributed by atoms with Gasteiger partial charge in [-0.05, 0) is 23.6 Å². The molecule has 1 radical (unpaired) electrons. The van der Waals surface area contributed by atoms with E-state index in [4.69, 9.17) is 0 Å². The Morgan fingerprint density at radius 3 is 2.56 bits per heavy atom. The van der Waals surface area contributed by atoms with Crippen molar-refractivity contribution in [3.63, 3.8) is 0 Å². The predicted octanol–water partition coefficient (Wildman–Crippen LogP) is 2.99. The molecule has 0 unspecified atom stereocenters. The average Bonchev–Trinajstić information content (AvgIpc) is 2.30. The smallest absolute Gasteiger partial charge is 0.258 e. The third-order valence-electron chi connectivity index (χ3n) is 2.32. The number of non-ortho nitro benzene ring substituents is 1. The van der Waals surface area contributed by atoms with Crippen LogP contribution in [-0.4, -0.2) is 4.92 Å². The zero-order valence-corrected chi connectivity index (χ0v) is 8.59. The van der Waals surface area contributed by atoms with Crippen LogP contribution >= 0.6 is 0 Å². The highest BCUT2D eigenvalue weighted by Crippen LogP contribution is 2.16. The van der Waals surface area contributed by atoms with Gasteiger partial charge in [-0.1, -0.05) is 36.4 Å². The molecule has 2 aromatic carbocycles. The van der Waals surface area contributed by atoms with Crippen molar-refractivity contribution in [2.45, 2.75) is 6.42 Å². The third-order valence-corrected chi connectivity index (χ3v) is 2.32. The molecule has 0 atom stereocenters. The zero-order chi connectivity index (χ0) is 11.4. The summed E-state index contributed by atoms with van der Waals surface area (Å²) in [4.78, 5) is 10.2. The second-order valence-corrected chi connectivity index (χ2v) is 3.51. The number of hydrogen-bond donors (Lipinski definition) is 0. The van der Waals surface area contributed by atoms with E-state index in [9.17, 15) is 10.1 Å². The van der Waals surface area contributed by atoms with Gasteiger partial charge >= 0.3 is 0 Å². The van der Waals surface area contributed by atoms with Crippen LogP contribution in [0.5, 0.6) is 0 Å². The summed E-state index contributed by atoms with van der Waals surface area (Å²) in [5.41, 5.74) is 2.21. The van der Waals surface area contributed by atoms with Gasteiger partial charge in [0.1, 0.15) is 0 Å². The van der Waals surface area contributed by atoms with Crippen molar-refractivity contribution in [1.29, 1.82) is 0 Å². The summed E-state index contributed by atoms with van der Waals surface area (Å²) in [7, 11) is 0. The largest absolute Gasteiger partial charge is 0.269 e. The van der Waals surface area contributed by atoms with E-state index in [2.05, 4.69) is 6.07 Å². The summed E-state index contributed by atoms with van der Waals surface area (Å²) in [5.74, 6) is 0. The molecule has 0 aliphatic rings. The molecule has 0 spiro atoms. The summed E-state index contributed by atoms with van der Waals surface area (Å²) in [5, 5.41) is 10.6. The Kier molecular flexibility index (Phi) is 2.96. The van der Waals surface area contributed by atoms with Crippen LogP contribution in [0.25, 0.3) is 0 Å². The van der Waals surface area contributed by atoms with Gasteiger partial charge in [-0.15, -0.1) is 0 Å². The first-order valence-electron chi connectivity index (χ1n) is 4.94. The van der Waals surface area contributed by atoms with E-state index >= 15 is 0 Å². The van der Waals surface area contributed by atoms with Crippen LogP contribution in [0, 0.1) is 16.2 Å². The second-order valence-electron chi connectivity index (χ2n) is 3.51. The number of hydrogen-bond acceptors (Lipinski definition) is 2. The number of nitro benzene ring substituents is 1. The number of nitrogens with zero attached hydrogens (tertiary/aromatic N) is 1. The van der Waals surface area contributed by atoms with Crippen molar-refractivity contribution in [3.05, 3.63) is 75.8 Å². The number of benzene rings is 2. The lowest BCUT2D eigenvalue weighted by atomic mass is 10.0. The molecular formula is C13H10NO2. The fourth-order valence-electron chi connectivity index (χ4n) is 1.55. The lowest BCUT2D eigenvalue weighted by Crippen LogP contribution is -1.91. The summed E-state index contributed by atoms with van der Waals surface area (Å²) < 4.78 is 0. The Balaban J connectivity index is 2.22. The lowest BCUT2D eigenvalue weighted by molar-refractivity contribution is -0.384. The minimum atomic E-state index is -0.373. The lowest BCUT2D eigenvalue weighted by Gasteiger charge is -2.01. The van der Waals surface area contributed by atoms with E-state index in [1.807, 2.05) is 30.3 Å². The van der Waals surface area contributed by atoms with Crippen LogP contribution < -0.4 is 0 Å². The first-order valence-corrected chi connectivity index (χ1v) is 4.94. The van der Waals surface area contributed by atoms with Crippen LogP contribution in [0.1, 0.15) is 11.1 Å². The summed E-state index contributed by atoms with van der Waals surface area (Å²) >= 11 is 0. The van der Waals surface area contributed by atoms with E-state index in [-0.39, 0.29) is 10.6 Å². The number of nitro groups is 1. The Hall–Kier alpha value is -2.16. The average molecular weight is 212 g/mol. The quantitative estimate of drug-likeness (QED) is 0.579. The van der Waals surface area contributed by atoms with Crippen LogP contribution in [0.2, 0.25) is 0 Å². The maximum Gasteiger partial charge on any atom is 0.269 e. The standard InChI is InChI=1S/C13H10NO2/c15-14(16)13-8-4-7-12(10-13)9-11-5-2-1-3-6-11/h2-8,10H,9H2. The van der Waals surface area contributed by atoms with Gasteiger partial charge in [0, 0.05) is 12.1 Å². The highest BCUT2D eigenvalue weighted by Gasteiger charge is 2.05. The summed E-state index contributed by atoms with van der Waals surface area (Å²) in [6, 6.07) is 17.2. The van der Waals surface area contributed by atoms with Crippen LogP contribution in [0.3, 0.4) is 0 Å². The van der Waals surface area contributed by atoms with Gasteiger partial charge in [0.2, 0.25) is 0 Å². The highest BCUT2D eigenvalue weighted by molar-refractivity contribution is 5.36. The molecule has 2 aromatic rings. The molecule has 3 nitrogen and oxygen atoms in total. The normalized spacial score (nSPS) is 10.0.